The van der Waals surface area contributed by atoms with Gasteiger partial charge >= 0.3 is 6.03 Å². The van der Waals surface area contributed by atoms with Crippen LogP contribution in [0.2, 0.25) is 0 Å². The van der Waals surface area contributed by atoms with E-state index < -0.39 is 15.9 Å². The molecule has 0 aromatic carbocycles. The first kappa shape index (κ1) is 23.2. The number of hydrogen-bond donors (Lipinski definition) is 2. The summed E-state index contributed by atoms with van der Waals surface area (Å²) in [7, 11) is -3.10. The molecule has 3 amide bonds. The van der Waals surface area contributed by atoms with Crippen LogP contribution >= 0.6 is 11.3 Å². The molecule has 168 valence electrons. The second-order valence-corrected chi connectivity index (χ2v) is 12.1. The molecular formula is C21H28N4O4S2. The smallest absolute Gasteiger partial charge is 0.324 e. The molecule has 0 radical (unpaired) electrons. The van der Waals surface area contributed by atoms with Crippen molar-refractivity contribution in [2.45, 2.75) is 40.0 Å². The van der Waals surface area contributed by atoms with E-state index in [2.05, 4.69) is 15.6 Å². The van der Waals surface area contributed by atoms with E-state index in [1.807, 2.05) is 34.6 Å². The largest absolute Gasteiger partial charge is 0.337 e. The fourth-order valence-corrected chi connectivity index (χ4v) is 5.57. The lowest BCUT2D eigenvalue weighted by atomic mass is 9.94. The standard InChI is InChI=1S/C21H28N4O4S2/c1-13-10-15(11-14(2)22-13)23-20(27)24-18-16(12-17(30-18)21(3,4)5)19(26)25-6-8-31(28,29)9-7-25/h10-12H,6-9H2,1-5H3,(H2,22,23,24,27). The summed E-state index contributed by atoms with van der Waals surface area (Å²) in [5.41, 5.74) is 2.37. The number of aromatic nitrogens is 1. The highest BCUT2D eigenvalue weighted by Gasteiger charge is 2.30. The number of urea groups is 1. The molecule has 1 fully saturated rings. The number of nitrogens with zero attached hydrogens (tertiary/aromatic N) is 2. The first-order chi connectivity index (χ1) is 14.3. The Balaban J connectivity index is 1.84. The maximum Gasteiger partial charge on any atom is 0.324 e. The molecule has 2 aromatic heterocycles. The summed E-state index contributed by atoms with van der Waals surface area (Å²) in [6.45, 7) is 10.1. The van der Waals surface area contributed by atoms with Crippen molar-refractivity contribution in [1.29, 1.82) is 0 Å². The molecule has 1 saturated heterocycles. The van der Waals surface area contributed by atoms with Crippen LogP contribution in [0.1, 0.15) is 47.4 Å². The lowest BCUT2D eigenvalue weighted by Gasteiger charge is -2.26. The number of thiophene rings is 1. The minimum atomic E-state index is -3.10. The normalized spacial score (nSPS) is 16.1. The molecular weight excluding hydrogens is 436 g/mol. The molecule has 0 unspecified atom stereocenters. The molecule has 1 aliphatic rings. The van der Waals surface area contributed by atoms with Crippen LogP contribution in [0.3, 0.4) is 0 Å². The van der Waals surface area contributed by atoms with Gasteiger partial charge in [0.25, 0.3) is 5.91 Å². The van der Waals surface area contributed by atoms with Crippen molar-refractivity contribution in [3.8, 4) is 0 Å². The van der Waals surface area contributed by atoms with Crippen molar-refractivity contribution < 1.29 is 18.0 Å². The Labute approximate surface area is 187 Å². The van der Waals surface area contributed by atoms with Crippen LogP contribution in [0.4, 0.5) is 15.5 Å². The first-order valence-corrected chi connectivity index (χ1v) is 12.7. The molecule has 2 N–H and O–H groups in total. The zero-order valence-corrected chi connectivity index (χ0v) is 20.0. The van der Waals surface area contributed by atoms with Crippen LogP contribution in [0.5, 0.6) is 0 Å². The predicted octanol–water partition coefficient (Wildman–Crippen LogP) is 3.57. The highest BCUT2D eigenvalue weighted by Crippen LogP contribution is 2.37. The quantitative estimate of drug-likeness (QED) is 0.722. The summed E-state index contributed by atoms with van der Waals surface area (Å²) < 4.78 is 23.4. The zero-order valence-electron chi connectivity index (χ0n) is 18.4. The van der Waals surface area contributed by atoms with Crippen LogP contribution in [-0.2, 0) is 15.3 Å². The minimum Gasteiger partial charge on any atom is -0.337 e. The van der Waals surface area contributed by atoms with Gasteiger partial charge in [-0.2, -0.15) is 0 Å². The number of nitrogens with one attached hydrogen (secondary N) is 2. The molecule has 3 rings (SSSR count). The fourth-order valence-electron chi connectivity index (χ4n) is 3.27. The van der Waals surface area contributed by atoms with Crippen molar-refractivity contribution in [3.05, 3.63) is 40.0 Å². The van der Waals surface area contributed by atoms with E-state index in [4.69, 9.17) is 0 Å². The third-order valence-corrected chi connectivity index (χ3v) is 7.99. The molecule has 10 heteroatoms. The summed E-state index contributed by atoms with van der Waals surface area (Å²) in [5.74, 6) is -0.356. The predicted molar refractivity (Wildman–Crippen MR) is 124 cm³/mol. The molecule has 0 atom stereocenters. The summed E-state index contributed by atoms with van der Waals surface area (Å²) in [6.07, 6.45) is 0. The van der Waals surface area contributed by atoms with E-state index in [9.17, 15) is 18.0 Å². The number of sulfone groups is 1. The van der Waals surface area contributed by atoms with Gasteiger partial charge in [0.05, 0.1) is 17.1 Å². The fraction of sp³-hybridized carbons (Fsp3) is 0.476. The second-order valence-electron chi connectivity index (χ2n) is 8.77. The number of hydrogen-bond acceptors (Lipinski definition) is 6. The van der Waals surface area contributed by atoms with Gasteiger partial charge in [-0.25, -0.2) is 13.2 Å². The zero-order chi connectivity index (χ0) is 23.0. The third-order valence-electron chi connectivity index (χ3n) is 4.90. The maximum absolute atomic E-state index is 13.2. The molecule has 8 nitrogen and oxygen atoms in total. The molecule has 1 aliphatic heterocycles. The van der Waals surface area contributed by atoms with Crippen LogP contribution in [0.15, 0.2) is 18.2 Å². The van der Waals surface area contributed by atoms with Crippen LogP contribution in [0, 0.1) is 13.8 Å². The van der Waals surface area contributed by atoms with Crippen LogP contribution in [0.25, 0.3) is 0 Å². The van der Waals surface area contributed by atoms with E-state index in [1.54, 1.807) is 18.2 Å². The number of anilines is 2. The molecule has 0 spiro atoms. The molecule has 3 heterocycles. The Morgan fingerprint density at radius 2 is 1.61 bits per heavy atom. The Kier molecular flexibility index (Phi) is 6.43. The van der Waals surface area contributed by atoms with Crippen molar-refractivity contribution in [1.82, 2.24) is 9.88 Å². The monoisotopic (exact) mass is 464 g/mol. The Hall–Kier alpha value is -2.46. The van der Waals surface area contributed by atoms with Gasteiger partial charge in [0.15, 0.2) is 9.84 Å². The van der Waals surface area contributed by atoms with Gasteiger partial charge in [-0.15, -0.1) is 11.3 Å². The van der Waals surface area contributed by atoms with E-state index >= 15 is 0 Å². The van der Waals surface area contributed by atoms with Gasteiger partial charge in [-0.1, -0.05) is 20.8 Å². The number of amides is 3. The number of aryl methyl sites for hydroxylation is 2. The second kappa shape index (κ2) is 8.58. The van der Waals surface area contributed by atoms with E-state index in [1.165, 1.54) is 16.2 Å². The number of carbonyl (C=O) groups is 2. The SMILES string of the molecule is Cc1cc(NC(=O)Nc2sc(C(C)(C)C)cc2C(=O)N2CCS(=O)(=O)CC2)cc(C)n1. The summed E-state index contributed by atoms with van der Waals surface area (Å²) in [6, 6.07) is 4.87. The Morgan fingerprint density at radius 3 is 2.16 bits per heavy atom. The first-order valence-electron chi connectivity index (χ1n) is 10.0. The van der Waals surface area contributed by atoms with Gasteiger partial charge in [0.1, 0.15) is 5.00 Å². The maximum atomic E-state index is 13.2. The van der Waals surface area contributed by atoms with Crippen molar-refractivity contribution in [2.24, 2.45) is 0 Å². The number of rotatable bonds is 3. The lowest BCUT2D eigenvalue weighted by Crippen LogP contribution is -2.43. The minimum absolute atomic E-state index is 0.0427. The highest BCUT2D eigenvalue weighted by molar-refractivity contribution is 7.91. The van der Waals surface area contributed by atoms with Gasteiger partial charge in [0.2, 0.25) is 0 Å². The van der Waals surface area contributed by atoms with E-state index in [-0.39, 0.29) is 35.9 Å². The lowest BCUT2D eigenvalue weighted by molar-refractivity contribution is 0.0771. The average Bonchev–Trinajstić information content (AvgIpc) is 3.04. The van der Waals surface area contributed by atoms with E-state index in [0.29, 0.717) is 16.3 Å². The highest BCUT2D eigenvalue weighted by atomic mass is 32.2. The van der Waals surface area contributed by atoms with Crippen LogP contribution < -0.4 is 10.6 Å². The number of pyridine rings is 1. The van der Waals surface area contributed by atoms with Gasteiger partial charge in [0, 0.05) is 35.0 Å². The van der Waals surface area contributed by atoms with Gasteiger partial charge < -0.3 is 10.2 Å². The third kappa shape index (κ3) is 5.82. The van der Waals surface area contributed by atoms with Gasteiger partial charge in [-0.3, -0.25) is 15.1 Å². The topological polar surface area (TPSA) is 108 Å². The Bertz CT molecular complexity index is 1080. The summed E-state index contributed by atoms with van der Waals surface area (Å²) in [5, 5.41) is 6.05. The molecule has 0 aliphatic carbocycles. The molecule has 0 bridgehead atoms. The average molecular weight is 465 g/mol. The summed E-state index contributed by atoms with van der Waals surface area (Å²) in [4.78, 5) is 32.6. The summed E-state index contributed by atoms with van der Waals surface area (Å²) >= 11 is 1.35. The number of carbonyl (C=O) groups excluding carboxylic acids is 2. The Morgan fingerprint density at radius 1 is 1.03 bits per heavy atom. The molecule has 2 aromatic rings. The van der Waals surface area contributed by atoms with Gasteiger partial charge in [-0.05, 0) is 37.5 Å². The van der Waals surface area contributed by atoms with Crippen LogP contribution in [-0.4, -0.2) is 54.8 Å². The van der Waals surface area contributed by atoms with Crippen molar-refractivity contribution in [3.63, 3.8) is 0 Å². The van der Waals surface area contributed by atoms with Crippen molar-refractivity contribution >= 4 is 43.8 Å². The van der Waals surface area contributed by atoms with E-state index in [0.717, 1.165) is 16.3 Å². The van der Waals surface area contributed by atoms with Crippen molar-refractivity contribution in [2.75, 3.05) is 35.2 Å². The molecule has 31 heavy (non-hydrogen) atoms. The molecule has 0 saturated carbocycles.